The van der Waals surface area contributed by atoms with Gasteiger partial charge in [-0.25, -0.2) is 0 Å². The van der Waals surface area contributed by atoms with Crippen LogP contribution in [0.2, 0.25) is 0 Å². The topological polar surface area (TPSA) is 163 Å². The fourth-order valence-electron chi connectivity index (χ4n) is 4.17. The highest BCUT2D eigenvalue weighted by Crippen LogP contribution is 2.45. The van der Waals surface area contributed by atoms with E-state index in [9.17, 15) is 29.9 Å². The number of aliphatic hydroxyl groups excluding tert-OH is 1. The number of aliphatic hydroxyl groups is 1. The van der Waals surface area contributed by atoms with Gasteiger partial charge < -0.3 is 19.7 Å². The van der Waals surface area contributed by atoms with Gasteiger partial charge in [0.05, 0.1) is 28.2 Å². The van der Waals surface area contributed by atoms with Crippen molar-refractivity contribution in [2.45, 2.75) is 6.04 Å². The third kappa shape index (κ3) is 3.54. The summed E-state index contributed by atoms with van der Waals surface area (Å²) in [4.78, 5) is 38.2. The molecule has 2 N–H and O–H groups in total. The van der Waals surface area contributed by atoms with Crippen molar-refractivity contribution in [2.24, 2.45) is 0 Å². The molecule has 11 heteroatoms. The molecule has 0 radical (unpaired) electrons. The van der Waals surface area contributed by atoms with Crippen molar-refractivity contribution in [1.82, 2.24) is 0 Å². The molecule has 36 heavy (non-hydrogen) atoms. The number of aromatic hydroxyl groups is 1. The lowest BCUT2D eigenvalue weighted by molar-refractivity contribution is -0.385. The lowest BCUT2D eigenvalue weighted by atomic mass is 9.94. The van der Waals surface area contributed by atoms with E-state index in [0.29, 0.717) is 17.1 Å². The van der Waals surface area contributed by atoms with Crippen LogP contribution in [0.4, 0.5) is 11.4 Å². The van der Waals surface area contributed by atoms with Crippen molar-refractivity contribution in [3.8, 4) is 23.3 Å². The van der Waals surface area contributed by atoms with Crippen LogP contribution in [0, 0.1) is 21.4 Å². The van der Waals surface area contributed by atoms with E-state index in [4.69, 9.17) is 14.7 Å². The molecule has 2 heterocycles. The summed E-state index contributed by atoms with van der Waals surface area (Å²) in [5.74, 6) is -2.36. The molecule has 178 valence electrons. The van der Waals surface area contributed by atoms with Crippen LogP contribution in [-0.4, -0.2) is 33.6 Å². The maximum Gasteiger partial charge on any atom is 0.311 e. The van der Waals surface area contributed by atoms with E-state index in [1.165, 1.54) is 48.5 Å². The Kier molecular flexibility index (Phi) is 5.26. The second-order valence-electron chi connectivity index (χ2n) is 7.90. The highest BCUT2D eigenvalue weighted by Gasteiger charge is 2.47. The number of hydrogen-bond donors (Lipinski definition) is 2. The van der Waals surface area contributed by atoms with Gasteiger partial charge in [0.2, 0.25) is 6.79 Å². The molecule has 3 aromatic rings. The molecular formula is C25H15N3O8. The zero-order valence-corrected chi connectivity index (χ0v) is 18.2. The van der Waals surface area contributed by atoms with Gasteiger partial charge in [0.25, 0.3) is 11.7 Å². The summed E-state index contributed by atoms with van der Waals surface area (Å²) in [6.45, 7) is -0.0141. The minimum absolute atomic E-state index is 0.0141. The predicted octanol–water partition coefficient (Wildman–Crippen LogP) is 3.53. The number of amides is 1. The van der Waals surface area contributed by atoms with Crippen LogP contribution < -0.4 is 14.4 Å². The number of rotatable bonds is 4. The Labute approximate surface area is 202 Å². The molecule has 0 bridgehead atoms. The first-order chi connectivity index (χ1) is 17.3. The van der Waals surface area contributed by atoms with E-state index >= 15 is 0 Å². The van der Waals surface area contributed by atoms with Crippen LogP contribution in [0.15, 0.2) is 66.2 Å². The first kappa shape index (κ1) is 22.4. The van der Waals surface area contributed by atoms with Crippen molar-refractivity contribution in [1.29, 1.82) is 5.26 Å². The summed E-state index contributed by atoms with van der Waals surface area (Å²) in [6, 6.07) is 14.4. The molecule has 1 saturated heterocycles. The third-order valence-corrected chi connectivity index (χ3v) is 5.88. The number of Topliss-reactive ketones (excluding diaryl/α,β-unsaturated/α-hetero) is 1. The number of anilines is 1. The largest absolute Gasteiger partial charge is 0.507 e. The Balaban J connectivity index is 1.73. The second kappa shape index (κ2) is 8.44. The fourth-order valence-corrected chi connectivity index (χ4v) is 4.17. The van der Waals surface area contributed by atoms with Gasteiger partial charge in [0.1, 0.15) is 5.76 Å². The number of fused-ring (bicyclic) bond motifs is 1. The Hall–Kier alpha value is -5.37. The number of phenols is 1. The smallest absolute Gasteiger partial charge is 0.311 e. The molecule has 1 unspecified atom stereocenters. The molecule has 1 fully saturated rings. The van der Waals surface area contributed by atoms with Gasteiger partial charge in [0.15, 0.2) is 17.2 Å². The predicted molar refractivity (Wildman–Crippen MR) is 123 cm³/mol. The number of nitriles is 1. The number of carbonyl (C=O) groups excluding carboxylic acids is 2. The molecule has 1 atom stereocenters. The van der Waals surface area contributed by atoms with Gasteiger partial charge in [-0.2, -0.15) is 5.26 Å². The number of benzene rings is 3. The van der Waals surface area contributed by atoms with Gasteiger partial charge in [-0.05, 0) is 54.1 Å². The Morgan fingerprint density at radius 1 is 1.06 bits per heavy atom. The average molecular weight is 485 g/mol. The SMILES string of the molecule is N#Cc1ccc(N2C(=O)C(=O)/C(=C(/O)c3ccc4c(c3)OCO4)C2c2ccc(O)c([N+](=O)[O-])c2)cc1. The number of ketones is 1. The molecule has 5 rings (SSSR count). The number of ether oxygens (including phenoxy) is 2. The lowest BCUT2D eigenvalue weighted by Gasteiger charge is -2.25. The van der Waals surface area contributed by atoms with Crippen molar-refractivity contribution in [3.05, 3.63) is 93.0 Å². The fraction of sp³-hybridized carbons (Fsp3) is 0.0800. The number of nitrogens with zero attached hydrogens (tertiary/aromatic N) is 3. The summed E-state index contributed by atoms with van der Waals surface area (Å²) in [5, 5.41) is 41.7. The minimum atomic E-state index is -1.28. The summed E-state index contributed by atoms with van der Waals surface area (Å²) in [7, 11) is 0. The van der Waals surface area contributed by atoms with Gasteiger partial charge in [-0.3, -0.25) is 24.6 Å². The molecule has 3 aromatic carbocycles. The minimum Gasteiger partial charge on any atom is -0.507 e. The van der Waals surface area contributed by atoms with Crippen LogP contribution in [0.25, 0.3) is 5.76 Å². The normalized spacial score (nSPS) is 17.8. The Bertz CT molecular complexity index is 1520. The van der Waals surface area contributed by atoms with Crippen LogP contribution in [0.1, 0.15) is 22.7 Å². The summed E-state index contributed by atoms with van der Waals surface area (Å²) < 4.78 is 10.6. The van der Waals surface area contributed by atoms with E-state index in [-0.39, 0.29) is 29.2 Å². The Morgan fingerprint density at radius 2 is 1.78 bits per heavy atom. The van der Waals surface area contributed by atoms with Crippen molar-refractivity contribution >= 4 is 28.8 Å². The van der Waals surface area contributed by atoms with Crippen LogP contribution >= 0.6 is 0 Å². The number of hydrogen-bond acceptors (Lipinski definition) is 9. The van der Waals surface area contributed by atoms with E-state index in [1.54, 1.807) is 0 Å². The van der Waals surface area contributed by atoms with Crippen molar-refractivity contribution < 1.29 is 34.2 Å². The zero-order chi connectivity index (χ0) is 25.6. The standard InChI is InChI=1S/C25H15N3O8/c26-11-13-1-5-16(6-2-13)27-22(14-3-7-18(29)17(9-14)28(33)34)21(24(31)25(27)32)23(30)15-4-8-19-20(10-15)36-12-35-19/h1-10,22,29-30H,12H2/b23-21+. The first-order valence-corrected chi connectivity index (χ1v) is 10.5. The molecular weight excluding hydrogens is 470 g/mol. The molecule has 2 aliphatic heterocycles. The van der Waals surface area contributed by atoms with Gasteiger partial charge >= 0.3 is 5.69 Å². The third-order valence-electron chi connectivity index (χ3n) is 5.88. The van der Waals surface area contributed by atoms with Gasteiger partial charge in [0, 0.05) is 17.3 Å². The van der Waals surface area contributed by atoms with E-state index in [1.807, 2.05) is 6.07 Å². The molecule has 2 aliphatic rings. The maximum absolute atomic E-state index is 13.2. The highest BCUT2D eigenvalue weighted by molar-refractivity contribution is 6.51. The molecule has 0 aliphatic carbocycles. The van der Waals surface area contributed by atoms with E-state index in [2.05, 4.69) is 0 Å². The quantitative estimate of drug-likeness (QED) is 0.185. The number of carbonyl (C=O) groups is 2. The van der Waals surface area contributed by atoms with Crippen molar-refractivity contribution in [2.75, 3.05) is 11.7 Å². The monoisotopic (exact) mass is 485 g/mol. The molecule has 1 amide bonds. The second-order valence-corrected chi connectivity index (χ2v) is 7.90. The van der Waals surface area contributed by atoms with Gasteiger partial charge in [-0.15, -0.1) is 0 Å². The number of nitro groups is 1. The van der Waals surface area contributed by atoms with Crippen LogP contribution in [0.3, 0.4) is 0 Å². The summed E-state index contributed by atoms with van der Waals surface area (Å²) in [5.41, 5.74) is -0.154. The van der Waals surface area contributed by atoms with Gasteiger partial charge in [-0.1, -0.05) is 6.07 Å². The number of nitro benzene ring substituents is 1. The average Bonchev–Trinajstić information content (AvgIpc) is 3.46. The lowest BCUT2D eigenvalue weighted by Crippen LogP contribution is -2.29. The molecule has 11 nitrogen and oxygen atoms in total. The Morgan fingerprint density at radius 3 is 2.47 bits per heavy atom. The van der Waals surface area contributed by atoms with Crippen LogP contribution in [0.5, 0.6) is 17.2 Å². The van der Waals surface area contributed by atoms with E-state index in [0.717, 1.165) is 17.0 Å². The maximum atomic E-state index is 13.2. The van der Waals surface area contributed by atoms with E-state index < -0.39 is 39.9 Å². The zero-order valence-electron chi connectivity index (χ0n) is 18.2. The summed E-state index contributed by atoms with van der Waals surface area (Å²) >= 11 is 0. The molecule has 0 aromatic heterocycles. The number of phenolic OH excluding ortho intramolecular Hbond substituents is 1. The first-order valence-electron chi connectivity index (χ1n) is 10.5. The highest BCUT2D eigenvalue weighted by atomic mass is 16.7. The molecule has 0 saturated carbocycles. The molecule has 0 spiro atoms. The summed E-state index contributed by atoms with van der Waals surface area (Å²) in [6.07, 6.45) is 0. The van der Waals surface area contributed by atoms with Crippen LogP contribution in [-0.2, 0) is 9.59 Å². The van der Waals surface area contributed by atoms with Crippen molar-refractivity contribution in [3.63, 3.8) is 0 Å².